The third-order valence-electron chi connectivity index (χ3n) is 3.13. The minimum Gasteiger partial charge on any atom is -0.389 e. The van der Waals surface area contributed by atoms with E-state index in [4.69, 9.17) is 0 Å². The molecular weight excluding hydrogens is 250 g/mol. The lowest BCUT2D eigenvalue weighted by atomic mass is 9.81. The molecular formula is C13H17NO3S. The minimum atomic E-state index is -3.48. The Morgan fingerprint density at radius 3 is 2.50 bits per heavy atom. The Balaban J connectivity index is 1.93. The molecule has 18 heavy (non-hydrogen) atoms. The van der Waals surface area contributed by atoms with E-state index in [1.54, 1.807) is 0 Å². The first-order valence-electron chi connectivity index (χ1n) is 5.94. The van der Waals surface area contributed by atoms with Gasteiger partial charge < -0.3 is 5.11 Å². The lowest BCUT2D eigenvalue weighted by Gasteiger charge is -2.36. The molecule has 0 unspecified atom stereocenters. The summed E-state index contributed by atoms with van der Waals surface area (Å²) in [5, 5.41) is 10.9. The van der Waals surface area contributed by atoms with Gasteiger partial charge in [-0.15, -0.1) is 0 Å². The molecule has 0 spiro atoms. The second-order valence-corrected chi connectivity index (χ2v) is 6.31. The van der Waals surface area contributed by atoms with E-state index in [-0.39, 0.29) is 6.54 Å². The number of hydrogen-bond donors (Lipinski definition) is 2. The van der Waals surface area contributed by atoms with Crippen LogP contribution in [0.1, 0.15) is 24.8 Å². The summed E-state index contributed by atoms with van der Waals surface area (Å²) in [6.07, 6.45) is 3.82. The Kier molecular flexibility index (Phi) is 3.85. The van der Waals surface area contributed by atoms with Gasteiger partial charge in [-0.25, -0.2) is 13.1 Å². The van der Waals surface area contributed by atoms with Gasteiger partial charge in [-0.05, 0) is 30.9 Å². The molecule has 1 aliphatic carbocycles. The molecule has 0 radical (unpaired) electrons. The topological polar surface area (TPSA) is 66.4 Å². The van der Waals surface area contributed by atoms with Crippen molar-refractivity contribution in [3.8, 4) is 0 Å². The molecule has 98 valence electrons. The van der Waals surface area contributed by atoms with Crippen molar-refractivity contribution in [1.82, 2.24) is 4.72 Å². The highest BCUT2D eigenvalue weighted by Gasteiger charge is 2.34. The minimum absolute atomic E-state index is 0.0917. The second-order valence-electron chi connectivity index (χ2n) is 4.66. The largest absolute Gasteiger partial charge is 0.389 e. The monoisotopic (exact) mass is 267 g/mol. The number of sulfonamides is 1. The van der Waals surface area contributed by atoms with Gasteiger partial charge in [0.25, 0.3) is 0 Å². The smallest absolute Gasteiger partial charge is 0.233 e. The van der Waals surface area contributed by atoms with E-state index in [2.05, 4.69) is 4.72 Å². The van der Waals surface area contributed by atoms with Crippen molar-refractivity contribution >= 4 is 16.1 Å². The van der Waals surface area contributed by atoms with Gasteiger partial charge in [-0.2, -0.15) is 0 Å². The Labute approximate surface area is 107 Å². The summed E-state index contributed by atoms with van der Waals surface area (Å²) in [7, 11) is -3.48. The Hall–Kier alpha value is -1.17. The first-order valence-corrected chi connectivity index (χ1v) is 7.49. The zero-order valence-electron chi connectivity index (χ0n) is 10.0. The van der Waals surface area contributed by atoms with Crippen LogP contribution in [0.15, 0.2) is 35.7 Å². The highest BCUT2D eigenvalue weighted by atomic mass is 32.2. The zero-order valence-corrected chi connectivity index (χ0v) is 10.9. The summed E-state index contributed by atoms with van der Waals surface area (Å²) < 4.78 is 25.8. The first-order chi connectivity index (χ1) is 8.49. The molecule has 1 aromatic carbocycles. The molecule has 2 rings (SSSR count). The molecule has 1 aliphatic rings. The molecule has 0 atom stereocenters. The van der Waals surface area contributed by atoms with Crippen LogP contribution in [-0.2, 0) is 10.0 Å². The van der Waals surface area contributed by atoms with Crippen LogP contribution < -0.4 is 4.72 Å². The number of aliphatic hydroxyl groups is 1. The average Bonchev–Trinajstić information content (AvgIpc) is 2.33. The van der Waals surface area contributed by atoms with Gasteiger partial charge in [-0.1, -0.05) is 30.3 Å². The van der Waals surface area contributed by atoms with Crippen LogP contribution in [-0.4, -0.2) is 25.7 Å². The van der Waals surface area contributed by atoms with Crippen molar-refractivity contribution in [1.29, 1.82) is 0 Å². The molecule has 0 amide bonds. The summed E-state index contributed by atoms with van der Waals surface area (Å²) in [4.78, 5) is 0. The van der Waals surface area contributed by atoms with Crippen molar-refractivity contribution in [3.05, 3.63) is 41.3 Å². The summed E-state index contributed by atoms with van der Waals surface area (Å²) in [6.45, 7) is 0.0917. The molecule has 1 saturated carbocycles. The van der Waals surface area contributed by atoms with Crippen molar-refractivity contribution in [2.75, 3.05) is 6.54 Å². The van der Waals surface area contributed by atoms with E-state index >= 15 is 0 Å². The SMILES string of the molecule is O=S(=O)(/C=C/c1ccccc1)NCC1(O)CCC1. The van der Waals surface area contributed by atoms with Crippen LogP contribution in [0.4, 0.5) is 0 Å². The van der Waals surface area contributed by atoms with Gasteiger partial charge in [0.1, 0.15) is 0 Å². The highest BCUT2D eigenvalue weighted by Crippen LogP contribution is 2.30. The molecule has 2 N–H and O–H groups in total. The zero-order chi connectivity index (χ0) is 13.1. The average molecular weight is 267 g/mol. The van der Waals surface area contributed by atoms with Crippen molar-refractivity contribution in [2.24, 2.45) is 0 Å². The van der Waals surface area contributed by atoms with E-state index < -0.39 is 15.6 Å². The molecule has 0 bridgehead atoms. The summed E-state index contributed by atoms with van der Waals surface area (Å²) in [5.41, 5.74) is -0.0153. The van der Waals surface area contributed by atoms with E-state index in [0.29, 0.717) is 12.8 Å². The molecule has 4 nitrogen and oxygen atoms in total. The Morgan fingerprint density at radius 1 is 1.28 bits per heavy atom. The molecule has 0 aliphatic heterocycles. The summed E-state index contributed by atoms with van der Waals surface area (Å²) >= 11 is 0. The Morgan fingerprint density at radius 2 is 1.94 bits per heavy atom. The van der Waals surface area contributed by atoms with Crippen molar-refractivity contribution < 1.29 is 13.5 Å². The van der Waals surface area contributed by atoms with E-state index in [0.717, 1.165) is 17.4 Å². The number of rotatable bonds is 5. The van der Waals surface area contributed by atoms with E-state index in [9.17, 15) is 13.5 Å². The third-order valence-corrected chi connectivity index (χ3v) is 4.17. The predicted molar refractivity (Wildman–Crippen MR) is 71.2 cm³/mol. The fraction of sp³-hybridized carbons (Fsp3) is 0.385. The number of nitrogens with one attached hydrogen (secondary N) is 1. The van der Waals surface area contributed by atoms with Gasteiger partial charge in [0, 0.05) is 12.0 Å². The lowest BCUT2D eigenvalue weighted by Crippen LogP contribution is -2.47. The highest BCUT2D eigenvalue weighted by molar-refractivity contribution is 7.92. The number of hydrogen-bond acceptors (Lipinski definition) is 3. The quantitative estimate of drug-likeness (QED) is 0.849. The molecule has 0 saturated heterocycles. The predicted octanol–water partition coefficient (Wildman–Crippen LogP) is 1.49. The van der Waals surface area contributed by atoms with Gasteiger partial charge in [0.2, 0.25) is 10.0 Å². The third kappa shape index (κ3) is 3.66. The van der Waals surface area contributed by atoms with Crippen LogP contribution in [0.25, 0.3) is 6.08 Å². The normalized spacial score (nSPS) is 18.7. The molecule has 0 heterocycles. The molecule has 1 fully saturated rings. The molecule has 5 heteroatoms. The van der Waals surface area contributed by atoms with Gasteiger partial charge in [0.05, 0.1) is 5.60 Å². The lowest BCUT2D eigenvalue weighted by molar-refractivity contribution is -0.0270. The van der Waals surface area contributed by atoms with Crippen LogP contribution in [0.3, 0.4) is 0 Å². The standard InChI is InChI=1S/C13H17NO3S/c15-13(8-4-9-13)11-14-18(16,17)10-7-12-5-2-1-3-6-12/h1-3,5-7,10,14-15H,4,8-9,11H2/b10-7+. The fourth-order valence-electron chi connectivity index (χ4n) is 1.78. The summed E-state index contributed by atoms with van der Waals surface area (Å²) in [5.74, 6) is 0. The maximum atomic E-state index is 11.7. The van der Waals surface area contributed by atoms with Crippen LogP contribution in [0, 0.1) is 0 Å². The molecule has 1 aromatic rings. The number of benzene rings is 1. The maximum absolute atomic E-state index is 11.7. The first kappa shape index (κ1) is 13.3. The van der Waals surface area contributed by atoms with Gasteiger partial charge >= 0.3 is 0 Å². The van der Waals surface area contributed by atoms with E-state index in [1.807, 2.05) is 30.3 Å². The summed E-state index contributed by atoms with van der Waals surface area (Å²) in [6, 6.07) is 9.21. The van der Waals surface area contributed by atoms with Crippen LogP contribution >= 0.6 is 0 Å². The fourth-order valence-corrected chi connectivity index (χ4v) is 2.68. The Bertz CT molecular complexity index is 518. The van der Waals surface area contributed by atoms with Crippen LogP contribution in [0.2, 0.25) is 0 Å². The van der Waals surface area contributed by atoms with Gasteiger partial charge in [-0.3, -0.25) is 0 Å². The van der Waals surface area contributed by atoms with Crippen molar-refractivity contribution in [2.45, 2.75) is 24.9 Å². The second kappa shape index (κ2) is 5.22. The maximum Gasteiger partial charge on any atom is 0.233 e. The van der Waals surface area contributed by atoms with Crippen molar-refractivity contribution in [3.63, 3.8) is 0 Å². The van der Waals surface area contributed by atoms with Gasteiger partial charge in [0.15, 0.2) is 0 Å². The van der Waals surface area contributed by atoms with Crippen LogP contribution in [0.5, 0.6) is 0 Å². The molecule has 0 aromatic heterocycles. The van der Waals surface area contributed by atoms with E-state index in [1.165, 1.54) is 6.08 Å².